The van der Waals surface area contributed by atoms with E-state index in [1.165, 1.54) is 49.6 Å². The monoisotopic (exact) mass is 436 g/mol. The van der Waals surface area contributed by atoms with Crippen molar-refractivity contribution in [3.63, 3.8) is 0 Å². The molecule has 3 aromatic rings. The van der Waals surface area contributed by atoms with Crippen molar-refractivity contribution >= 4 is 23.5 Å². The maximum atomic E-state index is 12.6. The molecule has 0 N–H and O–H groups in total. The zero-order chi connectivity index (χ0) is 22.7. The Hall–Kier alpha value is -4.47. The van der Waals surface area contributed by atoms with Gasteiger partial charge in [0.1, 0.15) is 17.3 Å². The minimum atomic E-state index is -0.520. The number of methoxy groups -OCH3 is 1. The van der Waals surface area contributed by atoms with Gasteiger partial charge < -0.3 is 18.7 Å². The fourth-order valence-electron chi connectivity index (χ4n) is 3.03. The maximum absolute atomic E-state index is 12.6. The number of Topliss-reactive ketones (excluding diaryl/α,β-unsaturated/α-hetero) is 1. The first-order chi connectivity index (χ1) is 15.4. The summed E-state index contributed by atoms with van der Waals surface area (Å²) in [7, 11) is 1.46. The van der Waals surface area contributed by atoms with Gasteiger partial charge in [-0.25, -0.2) is 0 Å². The summed E-state index contributed by atoms with van der Waals surface area (Å²) in [5.74, 6) is 0.398. The van der Waals surface area contributed by atoms with Crippen molar-refractivity contribution < 1.29 is 33.2 Å². The predicted octanol–water partition coefficient (Wildman–Crippen LogP) is 3.75. The van der Waals surface area contributed by atoms with Crippen LogP contribution in [-0.2, 0) is 11.2 Å². The van der Waals surface area contributed by atoms with Gasteiger partial charge in [0.2, 0.25) is 5.78 Å². The van der Waals surface area contributed by atoms with Gasteiger partial charge in [-0.15, -0.1) is 0 Å². The average molecular weight is 436 g/mol. The van der Waals surface area contributed by atoms with Crippen LogP contribution in [0.25, 0.3) is 6.08 Å². The highest BCUT2D eigenvalue weighted by Crippen LogP contribution is 2.35. The van der Waals surface area contributed by atoms with E-state index >= 15 is 0 Å². The molecule has 0 saturated carbocycles. The molecule has 1 aromatic heterocycles. The maximum Gasteiger partial charge on any atom is 0.311 e. The molecule has 0 aliphatic carbocycles. The van der Waals surface area contributed by atoms with E-state index in [1.807, 2.05) is 0 Å². The lowest BCUT2D eigenvalue weighted by Crippen LogP contribution is -2.08. The standard InChI is InChI=1S/C22H16N2O8/c1-29-20-12-16(32-23-20)6-8-21(25)30-15-5-7-17-18(11-15)31-19(22(17)26)10-13-3-2-4-14(9-13)24(27)28/h2-5,7,9-12H,6,8H2,1H3/b19-10-. The largest absolute Gasteiger partial charge is 0.479 e. The molecule has 0 spiro atoms. The summed E-state index contributed by atoms with van der Waals surface area (Å²) < 4.78 is 20.9. The highest BCUT2D eigenvalue weighted by atomic mass is 16.6. The van der Waals surface area contributed by atoms with E-state index in [4.69, 9.17) is 18.7 Å². The Morgan fingerprint density at radius 3 is 2.81 bits per heavy atom. The summed E-state index contributed by atoms with van der Waals surface area (Å²) in [5.41, 5.74) is 0.654. The number of aryl methyl sites for hydroxylation is 1. The molecule has 0 atom stereocenters. The number of aromatic nitrogens is 1. The molecule has 0 fully saturated rings. The molecule has 2 heterocycles. The van der Waals surface area contributed by atoms with Crippen LogP contribution in [0.15, 0.2) is 58.8 Å². The number of hydrogen-bond acceptors (Lipinski definition) is 9. The van der Waals surface area contributed by atoms with E-state index in [2.05, 4.69) is 5.16 Å². The molecule has 10 nitrogen and oxygen atoms in total. The Bertz CT molecular complexity index is 1240. The van der Waals surface area contributed by atoms with Crippen LogP contribution in [0.5, 0.6) is 17.4 Å². The summed E-state index contributed by atoms with van der Waals surface area (Å²) in [6.07, 6.45) is 1.76. The number of nitrogens with zero attached hydrogens (tertiary/aromatic N) is 2. The van der Waals surface area contributed by atoms with Crippen molar-refractivity contribution in [2.75, 3.05) is 7.11 Å². The zero-order valence-electron chi connectivity index (χ0n) is 16.8. The molecule has 162 valence electrons. The van der Waals surface area contributed by atoms with Crippen LogP contribution >= 0.6 is 0 Å². The van der Waals surface area contributed by atoms with Crippen LogP contribution in [0.3, 0.4) is 0 Å². The van der Waals surface area contributed by atoms with E-state index in [1.54, 1.807) is 12.1 Å². The van der Waals surface area contributed by atoms with Gasteiger partial charge in [0.15, 0.2) is 5.76 Å². The van der Waals surface area contributed by atoms with Gasteiger partial charge in [-0.2, -0.15) is 0 Å². The number of ether oxygens (including phenoxy) is 3. The zero-order valence-corrected chi connectivity index (χ0v) is 16.8. The van der Waals surface area contributed by atoms with Crippen molar-refractivity contribution in [3.8, 4) is 17.4 Å². The van der Waals surface area contributed by atoms with Crippen molar-refractivity contribution in [3.05, 3.63) is 81.3 Å². The van der Waals surface area contributed by atoms with Gasteiger partial charge >= 0.3 is 5.97 Å². The fraction of sp³-hybridized carbons (Fsp3) is 0.136. The van der Waals surface area contributed by atoms with Crippen LogP contribution < -0.4 is 14.2 Å². The number of fused-ring (bicyclic) bond motifs is 1. The number of carbonyl (C=O) groups excluding carboxylic acids is 2. The third-order valence-electron chi connectivity index (χ3n) is 4.57. The van der Waals surface area contributed by atoms with Gasteiger partial charge in [0, 0.05) is 30.7 Å². The lowest BCUT2D eigenvalue weighted by molar-refractivity contribution is -0.384. The molecule has 32 heavy (non-hydrogen) atoms. The third-order valence-corrected chi connectivity index (χ3v) is 4.57. The highest BCUT2D eigenvalue weighted by molar-refractivity contribution is 6.14. The SMILES string of the molecule is COc1cc(CCC(=O)Oc2ccc3c(c2)O/C(=C\c2cccc([N+](=O)[O-])c2)C3=O)on1. The summed E-state index contributed by atoms with van der Waals surface area (Å²) in [5, 5.41) is 14.6. The number of hydrogen-bond donors (Lipinski definition) is 0. The van der Waals surface area contributed by atoms with Gasteiger partial charge in [-0.3, -0.25) is 19.7 Å². The van der Waals surface area contributed by atoms with Crippen molar-refractivity contribution in [1.82, 2.24) is 5.16 Å². The number of nitro benzene ring substituents is 1. The summed E-state index contributed by atoms with van der Waals surface area (Å²) >= 11 is 0. The molecule has 4 rings (SSSR count). The van der Waals surface area contributed by atoms with Crippen LogP contribution in [0, 0.1) is 10.1 Å². The number of ketones is 1. The Morgan fingerprint density at radius 2 is 2.06 bits per heavy atom. The van der Waals surface area contributed by atoms with Crippen molar-refractivity contribution in [2.24, 2.45) is 0 Å². The molecular formula is C22H16N2O8. The second-order valence-electron chi connectivity index (χ2n) is 6.76. The minimum Gasteiger partial charge on any atom is -0.479 e. The van der Waals surface area contributed by atoms with E-state index in [0.717, 1.165) is 0 Å². The predicted molar refractivity (Wildman–Crippen MR) is 109 cm³/mol. The number of esters is 1. The van der Waals surface area contributed by atoms with Crippen LogP contribution in [-0.4, -0.2) is 28.9 Å². The van der Waals surface area contributed by atoms with E-state index in [9.17, 15) is 19.7 Å². The van der Waals surface area contributed by atoms with E-state index < -0.39 is 10.9 Å². The lowest BCUT2D eigenvalue weighted by Gasteiger charge is -2.05. The minimum absolute atomic E-state index is 0.0169. The topological polar surface area (TPSA) is 131 Å². The van der Waals surface area contributed by atoms with Crippen molar-refractivity contribution in [2.45, 2.75) is 12.8 Å². The lowest BCUT2D eigenvalue weighted by atomic mass is 10.1. The average Bonchev–Trinajstić information content (AvgIpc) is 3.37. The Labute approximate surface area is 181 Å². The number of allylic oxidation sites excluding steroid dienone is 1. The first-order valence-corrected chi connectivity index (χ1v) is 9.46. The van der Waals surface area contributed by atoms with Gasteiger partial charge in [0.25, 0.3) is 11.6 Å². The smallest absolute Gasteiger partial charge is 0.311 e. The normalized spacial score (nSPS) is 13.5. The molecule has 0 radical (unpaired) electrons. The van der Waals surface area contributed by atoms with Crippen LogP contribution in [0.2, 0.25) is 0 Å². The first kappa shape index (κ1) is 20.8. The molecule has 10 heteroatoms. The Morgan fingerprint density at radius 1 is 1.22 bits per heavy atom. The molecule has 1 aliphatic heterocycles. The molecule has 0 amide bonds. The molecule has 1 aliphatic rings. The molecule has 0 bridgehead atoms. The van der Waals surface area contributed by atoms with Crippen LogP contribution in [0.1, 0.15) is 28.1 Å². The van der Waals surface area contributed by atoms with Gasteiger partial charge in [-0.1, -0.05) is 12.1 Å². The summed E-state index contributed by atoms with van der Waals surface area (Å²) in [4.78, 5) is 35.1. The Balaban J connectivity index is 1.42. The second kappa shape index (κ2) is 8.72. The molecule has 2 aromatic carbocycles. The third kappa shape index (κ3) is 4.48. The van der Waals surface area contributed by atoms with Crippen molar-refractivity contribution in [1.29, 1.82) is 0 Å². The van der Waals surface area contributed by atoms with E-state index in [-0.39, 0.29) is 41.6 Å². The van der Waals surface area contributed by atoms with Gasteiger partial charge in [0.05, 0.1) is 24.0 Å². The highest BCUT2D eigenvalue weighted by Gasteiger charge is 2.28. The number of nitro groups is 1. The van der Waals surface area contributed by atoms with E-state index in [0.29, 0.717) is 22.8 Å². The summed E-state index contributed by atoms with van der Waals surface area (Å²) in [6.45, 7) is 0. The molecule has 0 unspecified atom stereocenters. The quantitative estimate of drug-likeness (QED) is 0.179. The fourth-order valence-corrected chi connectivity index (χ4v) is 3.03. The van der Waals surface area contributed by atoms with Gasteiger partial charge in [-0.05, 0) is 28.9 Å². The number of carbonyl (C=O) groups is 2. The second-order valence-corrected chi connectivity index (χ2v) is 6.76. The number of rotatable bonds is 7. The number of non-ortho nitro benzene ring substituents is 1. The molecular weight excluding hydrogens is 420 g/mol. The number of benzene rings is 2. The Kier molecular flexibility index (Phi) is 5.67. The summed E-state index contributed by atoms with van der Waals surface area (Å²) in [6, 6.07) is 11.8. The van der Waals surface area contributed by atoms with Crippen LogP contribution in [0.4, 0.5) is 5.69 Å². The molecule has 0 saturated heterocycles. The first-order valence-electron chi connectivity index (χ1n) is 9.46.